The van der Waals surface area contributed by atoms with Crippen molar-refractivity contribution < 1.29 is 78.0 Å². The first kappa shape index (κ1) is 53.4. The minimum absolute atomic E-state index is 0.00984. The Kier molecular flexibility index (Phi) is 17.3. The van der Waals surface area contributed by atoms with Gasteiger partial charge in [-0.1, -0.05) is 62.4 Å². The highest BCUT2D eigenvalue weighted by Gasteiger charge is 2.55. The quantitative estimate of drug-likeness (QED) is 0.0346. The van der Waals surface area contributed by atoms with E-state index in [0.29, 0.717) is 38.8 Å². The van der Waals surface area contributed by atoms with Crippen molar-refractivity contribution in [3.05, 3.63) is 87.9 Å². The molecule has 9 rings (SSSR count). The molecule has 7 N–H and O–H groups in total. The fourth-order valence-corrected chi connectivity index (χ4v) is 11.0. The molecule has 4 aromatic rings. The molecule has 3 aliphatic heterocycles. The summed E-state index contributed by atoms with van der Waals surface area (Å²) in [6.07, 6.45) is -8.65. The Morgan fingerprint density at radius 2 is 1.66 bits per heavy atom. The molecule has 5 aliphatic rings. The van der Waals surface area contributed by atoms with Gasteiger partial charge in [0.25, 0.3) is 5.69 Å². The number of non-ortho nitro benzene ring substituents is 1. The molecular weight excluding hydrogens is 969 g/mol. The number of nitro benzene ring substituents is 1. The molecule has 0 spiro atoms. The summed E-state index contributed by atoms with van der Waals surface area (Å²) in [6, 6.07) is 12.8. The number of rotatable bonds is 17. The molecule has 9 unspecified atom stereocenters. The Morgan fingerprint density at radius 1 is 0.892 bits per heavy atom. The Balaban J connectivity index is 0.896. The predicted octanol–water partition coefficient (Wildman–Crippen LogP) is 3.08. The molecule has 4 bridgehead atoms. The zero-order chi connectivity index (χ0) is 52.0. The highest BCUT2D eigenvalue weighted by atomic mass is 16.8. The maximum atomic E-state index is 14.1. The van der Waals surface area contributed by atoms with Gasteiger partial charge in [-0.2, -0.15) is 0 Å². The third-order valence-corrected chi connectivity index (χ3v) is 15.1. The molecule has 5 fully saturated rings. The maximum absolute atomic E-state index is 14.1. The summed E-state index contributed by atoms with van der Waals surface area (Å²) < 4.78 is 45.6. The largest absolute Gasteiger partial charge is 0.479 e. The van der Waals surface area contributed by atoms with E-state index >= 15 is 0 Å². The minimum atomic E-state index is -1.78. The van der Waals surface area contributed by atoms with Gasteiger partial charge in [0, 0.05) is 54.4 Å². The number of nitrogens with zero attached hydrogens (tertiary/aromatic N) is 4. The number of aryl methyl sites for hydroxylation is 3. The first-order valence-electron chi connectivity index (χ1n) is 25.7. The summed E-state index contributed by atoms with van der Waals surface area (Å²) in [7, 11) is 0. The van der Waals surface area contributed by atoms with Gasteiger partial charge in [0.15, 0.2) is 31.1 Å². The standard InChI is InChI=1S/C51H66N6O17/c1-27-20-31(46(62)52-18-8-15-32-25-56(55-54-32)19-9-14-30-24-53-35-17-16-33(57(66)67)23-34(30)35)22-36-43(27)73-50-42(61)40(59)41(60)49(74-50)68-26-38-39(58)44(69-37(47(63)64)21-28-10-4-2-5-11-28)45(51(70-36)71-38)72-48(65)29-12-6-3-7-13-29/h3,6-7,12-13,16-17,23-25,27-28,31,36-45,49-51,53,58-61H,2,4-5,8-11,14-15,18-22,26H2,1H3,(H,52,62)(H,63,64)/t27?,31?,36-,37+,38?,39+,40?,41+,42?,43?,44?,45?,49?,50-,51-/m1/s1. The van der Waals surface area contributed by atoms with Crippen molar-refractivity contribution in [3.8, 4) is 0 Å². The van der Waals surface area contributed by atoms with E-state index < -0.39 is 115 Å². The Bertz CT molecular complexity index is 2540. The number of nitro groups is 1. The molecule has 2 aromatic heterocycles. The molecule has 2 aliphatic carbocycles. The second-order valence-electron chi connectivity index (χ2n) is 20.3. The van der Waals surface area contributed by atoms with E-state index in [1.54, 1.807) is 35.0 Å². The van der Waals surface area contributed by atoms with Crippen LogP contribution in [0.15, 0.2) is 60.9 Å². The van der Waals surface area contributed by atoms with Crippen LogP contribution in [-0.4, -0.2) is 161 Å². The number of aromatic nitrogens is 4. The summed E-state index contributed by atoms with van der Waals surface area (Å²) in [5.41, 5.74) is 2.71. The number of aliphatic carboxylic acids is 1. The number of esters is 1. The van der Waals surface area contributed by atoms with Gasteiger partial charge < -0.3 is 69.0 Å². The normalized spacial score (nSPS) is 32.1. The van der Waals surface area contributed by atoms with Gasteiger partial charge in [-0.15, -0.1) is 5.10 Å². The number of ether oxygens (including phenoxy) is 7. The number of carboxylic acid groups (broad SMARTS) is 1. The van der Waals surface area contributed by atoms with Gasteiger partial charge >= 0.3 is 11.9 Å². The number of carbonyl (C=O) groups excluding carboxylic acids is 2. The average Bonchev–Trinajstić information content (AvgIpc) is 4.03. The zero-order valence-corrected chi connectivity index (χ0v) is 41.0. The molecular formula is C51H66N6O17. The molecule has 3 saturated heterocycles. The predicted molar refractivity (Wildman–Crippen MR) is 257 cm³/mol. The van der Waals surface area contributed by atoms with Crippen LogP contribution in [0.1, 0.15) is 92.7 Å². The van der Waals surface area contributed by atoms with E-state index in [9.17, 15) is 50.0 Å². The van der Waals surface area contributed by atoms with Crippen LogP contribution in [0.5, 0.6) is 0 Å². The lowest BCUT2D eigenvalue weighted by Gasteiger charge is -2.50. The summed E-state index contributed by atoms with van der Waals surface area (Å²) >= 11 is 0. The number of carbonyl (C=O) groups is 3. The second kappa shape index (κ2) is 24.0. The number of fused-ring (bicyclic) bond motifs is 6. The van der Waals surface area contributed by atoms with E-state index in [2.05, 4.69) is 20.6 Å². The highest BCUT2D eigenvalue weighted by Crippen LogP contribution is 2.40. The van der Waals surface area contributed by atoms with Crippen LogP contribution in [0.2, 0.25) is 0 Å². The van der Waals surface area contributed by atoms with Gasteiger partial charge in [0.1, 0.15) is 36.6 Å². The van der Waals surface area contributed by atoms with E-state index in [0.717, 1.165) is 54.3 Å². The number of aliphatic hydroxyl groups is 4. The highest BCUT2D eigenvalue weighted by molar-refractivity contribution is 5.89. The van der Waals surface area contributed by atoms with Gasteiger partial charge in [0.05, 0.1) is 35.0 Å². The number of carboxylic acids is 1. The SMILES string of the molecule is CC1CC(C(=O)NCCCc2cn(CCCc3c[nH]c4ccc([N+](=O)[O-])cc34)nn2)C[C@H]2O[C@@H]3OC(COC4O[C@@H](OC12)C(O)C(O)[C@@H]4O)[C@H](O)C(O[C@@H](CC1CCCCC1)C(=O)O)C3OC(=O)c1ccccc1. The first-order chi connectivity index (χ1) is 35.7. The topological polar surface area (TPSA) is 319 Å². The number of hydrogen-bond donors (Lipinski definition) is 7. The van der Waals surface area contributed by atoms with E-state index in [1.165, 1.54) is 18.2 Å². The fraction of sp³-hybridized carbons (Fsp3) is 0.627. The molecule has 402 valence electrons. The van der Waals surface area contributed by atoms with Crippen LogP contribution in [0.25, 0.3) is 10.9 Å². The number of aromatic amines is 1. The number of aliphatic hydroxyl groups excluding tert-OH is 4. The average molecular weight is 1040 g/mol. The van der Waals surface area contributed by atoms with Gasteiger partial charge in [-0.3, -0.25) is 19.6 Å². The van der Waals surface area contributed by atoms with Crippen molar-refractivity contribution in [1.82, 2.24) is 25.3 Å². The molecule has 74 heavy (non-hydrogen) atoms. The first-order valence-corrected chi connectivity index (χ1v) is 25.7. The lowest BCUT2D eigenvalue weighted by atomic mass is 9.77. The Morgan fingerprint density at radius 3 is 2.43 bits per heavy atom. The van der Waals surface area contributed by atoms with Crippen molar-refractivity contribution in [1.29, 1.82) is 0 Å². The third-order valence-electron chi connectivity index (χ3n) is 15.1. The lowest BCUT2D eigenvalue weighted by Crippen LogP contribution is -2.66. The number of H-pyrrole nitrogens is 1. The molecule has 0 radical (unpaired) electrons. The summed E-state index contributed by atoms with van der Waals surface area (Å²) in [6.45, 7) is 2.14. The molecule has 23 nitrogen and oxygen atoms in total. The van der Waals surface area contributed by atoms with Crippen molar-refractivity contribution in [2.45, 2.75) is 170 Å². The minimum Gasteiger partial charge on any atom is -0.479 e. The van der Waals surface area contributed by atoms with Crippen LogP contribution in [0.4, 0.5) is 5.69 Å². The third kappa shape index (κ3) is 12.4. The summed E-state index contributed by atoms with van der Waals surface area (Å²) in [4.78, 5) is 55.0. The monoisotopic (exact) mass is 1030 g/mol. The Hall–Kier alpha value is -5.47. The van der Waals surface area contributed by atoms with Gasteiger partial charge in [-0.25, -0.2) is 9.59 Å². The van der Waals surface area contributed by atoms with Crippen molar-refractivity contribution in [2.75, 3.05) is 13.2 Å². The van der Waals surface area contributed by atoms with Crippen LogP contribution >= 0.6 is 0 Å². The molecule has 15 atom stereocenters. The number of nitrogens with one attached hydrogen (secondary N) is 2. The maximum Gasteiger partial charge on any atom is 0.338 e. The van der Waals surface area contributed by atoms with Crippen LogP contribution < -0.4 is 5.32 Å². The summed E-state index contributed by atoms with van der Waals surface area (Å²) in [5.74, 6) is -3.52. The molecule has 5 heterocycles. The van der Waals surface area contributed by atoms with Gasteiger partial charge in [0.2, 0.25) is 5.91 Å². The lowest BCUT2D eigenvalue weighted by molar-refractivity contribution is -0.391. The molecule has 2 aromatic carbocycles. The van der Waals surface area contributed by atoms with Crippen molar-refractivity contribution in [3.63, 3.8) is 0 Å². The molecule has 1 amide bonds. The van der Waals surface area contributed by atoms with Crippen LogP contribution in [0.3, 0.4) is 0 Å². The van der Waals surface area contributed by atoms with E-state index in [-0.39, 0.29) is 42.3 Å². The smallest absolute Gasteiger partial charge is 0.338 e. The molecule has 23 heteroatoms. The second-order valence-corrected chi connectivity index (χ2v) is 20.3. The van der Waals surface area contributed by atoms with Crippen molar-refractivity contribution >= 4 is 34.4 Å². The zero-order valence-electron chi connectivity index (χ0n) is 41.0. The number of benzene rings is 2. The van der Waals surface area contributed by atoms with Gasteiger partial charge in [-0.05, 0) is 80.5 Å². The summed E-state index contributed by atoms with van der Waals surface area (Å²) in [5, 5.41) is 79.4. The van der Waals surface area contributed by atoms with Crippen LogP contribution in [-0.2, 0) is 62.1 Å². The Labute approximate surface area is 425 Å². The number of amides is 1. The molecule has 2 saturated carbocycles. The number of hydrogen-bond acceptors (Lipinski definition) is 18. The van der Waals surface area contributed by atoms with Crippen LogP contribution in [0, 0.1) is 27.9 Å². The fourth-order valence-electron chi connectivity index (χ4n) is 11.0. The van der Waals surface area contributed by atoms with E-state index in [1.807, 2.05) is 19.3 Å². The van der Waals surface area contributed by atoms with Crippen molar-refractivity contribution in [2.24, 2.45) is 17.8 Å². The van der Waals surface area contributed by atoms with E-state index in [4.69, 9.17) is 33.2 Å².